The van der Waals surface area contributed by atoms with Crippen LogP contribution in [0.3, 0.4) is 0 Å². The van der Waals surface area contributed by atoms with Gasteiger partial charge in [0, 0.05) is 11.4 Å². The Kier molecular flexibility index (Phi) is 6.11. The molecule has 3 aromatic rings. The second-order valence-corrected chi connectivity index (χ2v) is 6.76. The molecule has 0 bridgehead atoms. The minimum Gasteiger partial charge on any atom is -0.459 e. The second kappa shape index (κ2) is 8.71. The molecule has 2 aromatic carbocycles. The van der Waals surface area contributed by atoms with Gasteiger partial charge in [0.15, 0.2) is 5.76 Å². The fraction of sp³-hybridized carbons (Fsp3) is 0.143. The van der Waals surface area contributed by atoms with Gasteiger partial charge in [-0.15, -0.1) is 0 Å². The van der Waals surface area contributed by atoms with Gasteiger partial charge in [-0.1, -0.05) is 30.7 Å². The molecule has 0 radical (unpaired) electrons. The van der Waals surface area contributed by atoms with Crippen molar-refractivity contribution in [1.29, 1.82) is 0 Å². The van der Waals surface area contributed by atoms with Crippen LogP contribution >= 0.6 is 11.6 Å². The van der Waals surface area contributed by atoms with Gasteiger partial charge in [0.05, 0.1) is 17.6 Å². The van der Waals surface area contributed by atoms with Crippen molar-refractivity contribution in [3.05, 3.63) is 83.0 Å². The molecular formula is C21H18ClFN2O3. The summed E-state index contributed by atoms with van der Waals surface area (Å²) in [5.74, 6) is -0.982. The van der Waals surface area contributed by atoms with Crippen LogP contribution in [0.4, 0.5) is 15.8 Å². The lowest BCUT2D eigenvalue weighted by Crippen LogP contribution is -2.17. The molecule has 0 saturated heterocycles. The SMILES string of the molecule is CC(CC(=O)Nc1ccc(Cl)cc1NC(=O)c1ccco1)c1ccc(F)cc1. The van der Waals surface area contributed by atoms with E-state index >= 15 is 0 Å². The molecule has 0 aliphatic carbocycles. The van der Waals surface area contributed by atoms with Crippen molar-refractivity contribution in [2.45, 2.75) is 19.3 Å². The highest BCUT2D eigenvalue weighted by Crippen LogP contribution is 2.28. The van der Waals surface area contributed by atoms with E-state index < -0.39 is 5.91 Å². The minimum absolute atomic E-state index is 0.103. The zero-order valence-corrected chi connectivity index (χ0v) is 15.8. The molecule has 7 heteroatoms. The highest BCUT2D eigenvalue weighted by Gasteiger charge is 2.16. The van der Waals surface area contributed by atoms with Crippen molar-refractivity contribution in [2.24, 2.45) is 0 Å². The molecule has 3 rings (SSSR count). The summed E-state index contributed by atoms with van der Waals surface area (Å²) in [5, 5.41) is 5.87. The standard InChI is InChI=1S/C21H18ClFN2O3/c1-13(14-4-7-16(23)8-5-14)11-20(26)24-17-9-6-15(22)12-18(17)25-21(27)19-3-2-10-28-19/h2-10,12-13H,11H2,1H3,(H,24,26)(H,25,27). The summed E-state index contributed by atoms with van der Waals surface area (Å²) in [5.41, 5.74) is 1.64. The molecule has 1 aromatic heterocycles. The molecule has 1 unspecified atom stereocenters. The zero-order valence-electron chi connectivity index (χ0n) is 15.0. The Balaban J connectivity index is 1.70. The Hall–Kier alpha value is -3.12. The summed E-state index contributed by atoms with van der Waals surface area (Å²) in [7, 11) is 0. The third-order valence-corrected chi connectivity index (χ3v) is 4.41. The first kappa shape index (κ1) is 19.6. The van der Waals surface area contributed by atoms with Gasteiger partial charge in [0.2, 0.25) is 5.91 Å². The van der Waals surface area contributed by atoms with E-state index in [4.69, 9.17) is 16.0 Å². The predicted octanol–water partition coefficient (Wildman–Crippen LogP) is 5.46. The number of carbonyl (C=O) groups excluding carboxylic acids is 2. The molecule has 1 atom stereocenters. The van der Waals surface area contributed by atoms with Gasteiger partial charge in [-0.25, -0.2) is 4.39 Å². The maximum Gasteiger partial charge on any atom is 0.291 e. The Morgan fingerprint density at radius 1 is 1.07 bits per heavy atom. The summed E-state index contributed by atoms with van der Waals surface area (Å²) in [6.45, 7) is 1.88. The van der Waals surface area contributed by atoms with Gasteiger partial charge in [0.25, 0.3) is 5.91 Å². The fourth-order valence-corrected chi connectivity index (χ4v) is 2.88. The van der Waals surface area contributed by atoms with Crippen LogP contribution in [-0.2, 0) is 4.79 Å². The summed E-state index contributed by atoms with van der Waals surface area (Å²) < 4.78 is 18.1. The van der Waals surface area contributed by atoms with Gasteiger partial charge >= 0.3 is 0 Å². The second-order valence-electron chi connectivity index (χ2n) is 6.33. The molecule has 0 aliphatic rings. The first-order valence-corrected chi connectivity index (χ1v) is 9.00. The van der Waals surface area contributed by atoms with Gasteiger partial charge in [0.1, 0.15) is 5.82 Å². The number of carbonyl (C=O) groups is 2. The third kappa shape index (κ3) is 4.98. The van der Waals surface area contributed by atoms with Crippen molar-refractivity contribution >= 4 is 34.8 Å². The molecule has 0 aliphatic heterocycles. The topological polar surface area (TPSA) is 71.3 Å². The Bertz CT molecular complexity index is 972. The van der Waals surface area contributed by atoms with Crippen molar-refractivity contribution in [3.8, 4) is 0 Å². The summed E-state index contributed by atoms with van der Waals surface area (Å²) in [6.07, 6.45) is 1.59. The van der Waals surface area contributed by atoms with Crippen molar-refractivity contribution in [1.82, 2.24) is 0 Å². The summed E-state index contributed by atoms with van der Waals surface area (Å²) in [6, 6.07) is 13.9. The lowest BCUT2D eigenvalue weighted by atomic mass is 9.97. The van der Waals surface area contributed by atoms with E-state index in [1.54, 1.807) is 36.4 Å². The van der Waals surface area contributed by atoms with Crippen LogP contribution in [0.2, 0.25) is 5.02 Å². The molecule has 2 N–H and O–H groups in total. The van der Waals surface area contributed by atoms with E-state index in [2.05, 4.69) is 10.6 Å². The van der Waals surface area contributed by atoms with Gasteiger partial charge < -0.3 is 15.1 Å². The van der Waals surface area contributed by atoms with Crippen LogP contribution < -0.4 is 10.6 Å². The molecule has 28 heavy (non-hydrogen) atoms. The number of hydrogen-bond acceptors (Lipinski definition) is 3. The van der Waals surface area contributed by atoms with E-state index in [0.717, 1.165) is 5.56 Å². The molecule has 0 saturated carbocycles. The third-order valence-electron chi connectivity index (χ3n) is 4.18. The maximum absolute atomic E-state index is 13.1. The lowest BCUT2D eigenvalue weighted by molar-refractivity contribution is -0.116. The highest BCUT2D eigenvalue weighted by atomic mass is 35.5. The fourth-order valence-electron chi connectivity index (χ4n) is 2.71. The number of anilines is 2. The number of amides is 2. The zero-order chi connectivity index (χ0) is 20.1. The van der Waals surface area contributed by atoms with Crippen LogP contribution in [0, 0.1) is 5.82 Å². The Morgan fingerprint density at radius 3 is 2.50 bits per heavy atom. The number of rotatable bonds is 6. The van der Waals surface area contributed by atoms with Gasteiger partial charge in [-0.3, -0.25) is 9.59 Å². The summed E-state index contributed by atoms with van der Waals surface area (Å²) >= 11 is 6.02. The van der Waals surface area contributed by atoms with Crippen LogP contribution in [0.5, 0.6) is 0 Å². The molecule has 0 spiro atoms. The molecule has 5 nitrogen and oxygen atoms in total. The minimum atomic E-state index is -0.456. The largest absolute Gasteiger partial charge is 0.459 e. The monoisotopic (exact) mass is 400 g/mol. The number of benzene rings is 2. The maximum atomic E-state index is 13.1. The molecule has 2 amide bonds. The van der Waals surface area contributed by atoms with E-state index in [0.29, 0.717) is 16.4 Å². The van der Waals surface area contributed by atoms with Crippen LogP contribution in [0.15, 0.2) is 65.3 Å². The predicted molar refractivity (Wildman–Crippen MR) is 106 cm³/mol. The highest BCUT2D eigenvalue weighted by molar-refractivity contribution is 6.31. The van der Waals surface area contributed by atoms with Gasteiger partial charge in [-0.05, 0) is 53.9 Å². The van der Waals surface area contributed by atoms with Crippen LogP contribution in [0.1, 0.15) is 35.4 Å². The Morgan fingerprint density at radius 2 is 1.82 bits per heavy atom. The quantitative estimate of drug-likeness (QED) is 0.577. The number of halogens is 2. The number of nitrogens with one attached hydrogen (secondary N) is 2. The molecular weight excluding hydrogens is 383 g/mol. The van der Waals surface area contributed by atoms with E-state index in [9.17, 15) is 14.0 Å². The van der Waals surface area contributed by atoms with Crippen LogP contribution in [-0.4, -0.2) is 11.8 Å². The lowest BCUT2D eigenvalue weighted by Gasteiger charge is -2.15. The Labute approximate surface area is 166 Å². The van der Waals surface area contributed by atoms with Gasteiger partial charge in [-0.2, -0.15) is 0 Å². The number of hydrogen-bond donors (Lipinski definition) is 2. The first-order valence-electron chi connectivity index (χ1n) is 8.62. The van der Waals surface area contributed by atoms with E-state index in [1.165, 1.54) is 24.5 Å². The normalized spacial score (nSPS) is 11.7. The van der Waals surface area contributed by atoms with Crippen molar-refractivity contribution in [3.63, 3.8) is 0 Å². The number of furan rings is 1. The first-order chi connectivity index (χ1) is 13.4. The van der Waals surface area contributed by atoms with E-state index in [1.807, 2.05) is 6.92 Å². The average Bonchev–Trinajstić information content (AvgIpc) is 3.19. The average molecular weight is 401 g/mol. The van der Waals surface area contributed by atoms with Crippen molar-refractivity contribution in [2.75, 3.05) is 10.6 Å². The van der Waals surface area contributed by atoms with Crippen molar-refractivity contribution < 1.29 is 18.4 Å². The molecule has 0 fully saturated rings. The van der Waals surface area contributed by atoms with E-state index in [-0.39, 0.29) is 29.8 Å². The summed E-state index contributed by atoms with van der Waals surface area (Å²) in [4.78, 5) is 24.7. The molecule has 144 valence electrons. The smallest absolute Gasteiger partial charge is 0.291 e. The molecule has 1 heterocycles. The van der Waals surface area contributed by atoms with Crippen LogP contribution in [0.25, 0.3) is 0 Å².